The Morgan fingerprint density at radius 3 is 2.50 bits per heavy atom. The predicted octanol–water partition coefficient (Wildman–Crippen LogP) is 3.86. The van der Waals surface area contributed by atoms with E-state index in [1.807, 2.05) is 30.5 Å². The Morgan fingerprint density at radius 2 is 1.85 bits per heavy atom. The van der Waals surface area contributed by atoms with E-state index in [0.29, 0.717) is 23.7 Å². The maximum absolute atomic E-state index is 12.4. The number of benzene rings is 2. The molecule has 3 amide bonds. The molecule has 3 rings (SSSR count). The first-order valence-electron chi connectivity index (χ1n) is 8.29. The SMILES string of the molecule is CSc1ccc([C@H]2CC(=O)NC[C@@H]2NC(=O)Nc2ccc(Cl)cc2)cc1. The molecular formula is C19H20ClN3O2S. The molecule has 7 heteroatoms. The largest absolute Gasteiger partial charge is 0.354 e. The van der Waals surface area contributed by atoms with Crippen molar-refractivity contribution in [1.29, 1.82) is 0 Å². The zero-order valence-electron chi connectivity index (χ0n) is 14.3. The predicted molar refractivity (Wildman–Crippen MR) is 106 cm³/mol. The van der Waals surface area contributed by atoms with Gasteiger partial charge in [0.2, 0.25) is 5.91 Å². The Balaban J connectivity index is 1.69. The van der Waals surface area contributed by atoms with Gasteiger partial charge in [-0.2, -0.15) is 0 Å². The van der Waals surface area contributed by atoms with E-state index in [1.165, 1.54) is 4.90 Å². The Labute approximate surface area is 161 Å². The highest BCUT2D eigenvalue weighted by atomic mass is 35.5. The first kappa shape index (κ1) is 18.6. The third kappa shape index (κ3) is 4.71. The van der Waals surface area contributed by atoms with Crippen LogP contribution in [0.15, 0.2) is 53.4 Å². The van der Waals surface area contributed by atoms with Crippen molar-refractivity contribution in [3.63, 3.8) is 0 Å². The summed E-state index contributed by atoms with van der Waals surface area (Å²) in [5.41, 5.74) is 1.71. The summed E-state index contributed by atoms with van der Waals surface area (Å²) in [5.74, 6) is -0.0595. The van der Waals surface area contributed by atoms with Gasteiger partial charge in [-0.1, -0.05) is 23.7 Å². The van der Waals surface area contributed by atoms with Gasteiger partial charge in [-0.3, -0.25) is 4.79 Å². The van der Waals surface area contributed by atoms with Crippen molar-refractivity contribution in [2.24, 2.45) is 0 Å². The summed E-state index contributed by atoms with van der Waals surface area (Å²) in [6, 6.07) is 14.6. The molecule has 3 N–H and O–H groups in total. The number of amides is 3. The number of anilines is 1. The monoisotopic (exact) mass is 389 g/mol. The smallest absolute Gasteiger partial charge is 0.319 e. The number of halogens is 1. The normalized spacial score (nSPS) is 19.5. The van der Waals surface area contributed by atoms with Gasteiger partial charge < -0.3 is 16.0 Å². The molecule has 0 unspecified atom stereocenters. The van der Waals surface area contributed by atoms with Crippen LogP contribution in [0.25, 0.3) is 0 Å². The summed E-state index contributed by atoms with van der Waals surface area (Å²) in [7, 11) is 0. The minimum absolute atomic E-state index is 0.0000949. The van der Waals surface area contributed by atoms with Crippen LogP contribution in [0.4, 0.5) is 10.5 Å². The second-order valence-electron chi connectivity index (χ2n) is 6.10. The minimum atomic E-state index is -0.306. The molecule has 0 aromatic heterocycles. The molecule has 2 aromatic carbocycles. The molecule has 1 saturated heterocycles. The summed E-state index contributed by atoms with van der Waals surface area (Å²) in [5, 5.41) is 9.21. The van der Waals surface area contributed by atoms with Crippen LogP contribution in [-0.4, -0.2) is 30.8 Å². The molecule has 0 spiro atoms. The van der Waals surface area contributed by atoms with Crippen molar-refractivity contribution < 1.29 is 9.59 Å². The zero-order chi connectivity index (χ0) is 18.5. The van der Waals surface area contributed by atoms with Gasteiger partial charge in [0.25, 0.3) is 0 Å². The van der Waals surface area contributed by atoms with Crippen molar-refractivity contribution >= 4 is 41.0 Å². The van der Waals surface area contributed by atoms with Crippen LogP contribution in [0.2, 0.25) is 5.02 Å². The molecular weight excluding hydrogens is 370 g/mol. The highest BCUT2D eigenvalue weighted by molar-refractivity contribution is 7.98. The molecule has 1 aliphatic rings. The average Bonchev–Trinajstić information content (AvgIpc) is 2.65. The number of carbonyl (C=O) groups is 2. The number of hydrogen-bond donors (Lipinski definition) is 3. The third-order valence-corrected chi connectivity index (χ3v) is 5.37. The van der Waals surface area contributed by atoms with Crippen molar-refractivity contribution in [3.05, 3.63) is 59.1 Å². The fourth-order valence-corrected chi connectivity index (χ4v) is 3.54. The molecule has 0 radical (unpaired) electrons. The van der Waals surface area contributed by atoms with E-state index in [0.717, 1.165) is 5.56 Å². The average molecular weight is 390 g/mol. The molecule has 2 atom stereocenters. The van der Waals surface area contributed by atoms with Crippen LogP contribution in [-0.2, 0) is 4.79 Å². The van der Waals surface area contributed by atoms with Crippen LogP contribution in [0, 0.1) is 0 Å². The summed E-state index contributed by atoms with van der Waals surface area (Å²) < 4.78 is 0. The quantitative estimate of drug-likeness (QED) is 0.695. The Hall–Kier alpha value is -2.18. The van der Waals surface area contributed by atoms with Crippen LogP contribution in [0.1, 0.15) is 17.9 Å². The number of hydrogen-bond acceptors (Lipinski definition) is 3. The van der Waals surface area contributed by atoms with E-state index in [-0.39, 0.29) is 23.9 Å². The van der Waals surface area contributed by atoms with Gasteiger partial charge in [-0.25, -0.2) is 4.79 Å². The van der Waals surface area contributed by atoms with Crippen molar-refractivity contribution in [2.75, 3.05) is 18.1 Å². The summed E-state index contributed by atoms with van der Waals surface area (Å²) >= 11 is 7.53. The number of nitrogens with one attached hydrogen (secondary N) is 3. The van der Waals surface area contributed by atoms with Gasteiger partial charge in [0, 0.05) is 34.5 Å². The van der Waals surface area contributed by atoms with E-state index < -0.39 is 0 Å². The number of urea groups is 1. The fraction of sp³-hybridized carbons (Fsp3) is 0.263. The number of rotatable bonds is 4. The van der Waals surface area contributed by atoms with Crippen molar-refractivity contribution in [3.8, 4) is 0 Å². The molecule has 136 valence electrons. The fourth-order valence-electron chi connectivity index (χ4n) is 3.00. The van der Waals surface area contributed by atoms with E-state index in [9.17, 15) is 9.59 Å². The van der Waals surface area contributed by atoms with Gasteiger partial charge in [-0.05, 0) is 48.2 Å². The topological polar surface area (TPSA) is 70.2 Å². The first-order valence-corrected chi connectivity index (χ1v) is 9.89. The van der Waals surface area contributed by atoms with Crippen LogP contribution < -0.4 is 16.0 Å². The highest BCUT2D eigenvalue weighted by Gasteiger charge is 2.31. The lowest BCUT2D eigenvalue weighted by atomic mass is 9.86. The summed E-state index contributed by atoms with van der Waals surface area (Å²) in [4.78, 5) is 25.4. The molecule has 1 aliphatic heterocycles. The molecule has 1 fully saturated rings. The second-order valence-corrected chi connectivity index (χ2v) is 7.42. The Morgan fingerprint density at radius 1 is 1.15 bits per heavy atom. The Bertz CT molecular complexity index is 780. The lowest BCUT2D eigenvalue weighted by Gasteiger charge is -2.32. The maximum Gasteiger partial charge on any atom is 0.319 e. The molecule has 0 saturated carbocycles. The highest BCUT2D eigenvalue weighted by Crippen LogP contribution is 2.28. The maximum atomic E-state index is 12.4. The van der Waals surface area contributed by atoms with Gasteiger partial charge >= 0.3 is 6.03 Å². The van der Waals surface area contributed by atoms with Gasteiger partial charge in [0.1, 0.15) is 0 Å². The lowest BCUT2D eigenvalue weighted by molar-refractivity contribution is -0.123. The summed E-state index contributed by atoms with van der Waals surface area (Å²) in [6.07, 6.45) is 2.37. The molecule has 26 heavy (non-hydrogen) atoms. The van der Waals surface area contributed by atoms with Crippen LogP contribution in [0.5, 0.6) is 0 Å². The minimum Gasteiger partial charge on any atom is -0.354 e. The lowest BCUT2D eigenvalue weighted by Crippen LogP contribution is -2.52. The third-order valence-electron chi connectivity index (χ3n) is 4.37. The molecule has 0 bridgehead atoms. The number of carbonyl (C=O) groups excluding carboxylic acids is 2. The summed E-state index contributed by atoms with van der Waals surface area (Å²) in [6.45, 7) is 0.405. The van der Waals surface area contributed by atoms with Crippen molar-refractivity contribution in [2.45, 2.75) is 23.3 Å². The standard InChI is InChI=1S/C19H20ClN3O2S/c1-26-15-8-2-12(3-9-15)16-10-18(24)21-11-17(16)23-19(25)22-14-6-4-13(20)5-7-14/h2-9,16-17H,10-11H2,1H3,(H,21,24)(H2,22,23,25)/t16-,17+/m1/s1. The zero-order valence-corrected chi connectivity index (χ0v) is 15.9. The molecule has 5 nitrogen and oxygen atoms in total. The van der Waals surface area contributed by atoms with Gasteiger partial charge in [-0.15, -0.1) is 11.8 Å². The molecule has 1 heterocycles. The van der Waals surface area contributed by atoms with E-state index in [2.05, 4.69) is 16.0 Å². The van der Waals surface area contributed by atoms with E-state index in [4.69, 9.17) is 11.6 Å². The van der Waals surface area contributed by atoms with E-state index in [1.54, 1.807) is 36.0 Å². The first-order chi connectivity index (χ1) is 12.5. The number of thioether (sulfide) groups is 1. The van der Waals surface area contributed by atoms with Crippen LogP contribution in [0.3, 0.4) is 0 Å². The number of piperidine rings is 1. The van der Waals surface area contributed by atoms with E-state index >= 15 is 0 Å². The van der Waals surface area contributed by atoms with Crippen molar-refractivity contribution in [1.82, 2.24) is 10.6 Å². The molecule has 0 aliphatic carbocycles. The van der Waals surface area contributed by atoms with Gasteiger partial charge in [0.15, 0.2) is 0 Å². The van der Waals surface area contributed by atoms with Gasteiger partial charge in [0.05, 0.1) is 6.04 Å². The molecule has 2 aromatic rings. The second kappa shape index (κ2) is 8.47. The van der Waals surface area contributed by atoms with Crippen LogP contribution >= 0.6 is 23.4 Å². The Kier molecular flexibility index (Phi) is 6.06.